The molecule has 0 saturated carbocycles. The zero-order valence-electron chi connectivity index (χ0n) is 14.8. The fourth-order valence-corrected chi connectivity index (χ4v) is 3.30. The van der Waals surface area contributed by atoms with Crippen LogP contribution in [0.25, 0.3) is 0 Å². The molecule has 0 aromatic carbocycles. The summed E-state index contributed by atoms with van der Waals surface area (Å²) in [5, 5.41) is 0. The normalized spacial score (nSPS) is 21.0. The Morgan fingerprint density at radius 1 is 1.24 bits per heavy atom. The Hall–Kier alpha value is -2.22. The summed E-state index contributed by atoms with van der Waals surface area (Å²) >= 11 is 0. The summed E-state index contributed by atoms with van der Waals surface area (Å²) in [6, 6.07) is 1.25. The van der Waals surface area contributed by atoms with Crippen LogP contribution in [-0.2, 0) is 9.53 Å². The molecule has 0 spiro atoms. The molecule has 136 valence electrons. The smallest absolute Gasteiger partial charge is 0.273 e. The van der Waals surface area contributed by atoms with Crippen LogP contribution in [0, 0.1) is 0 Å². The molecular formula is C17H25N5O3. The van der Waals surface area contributed by atoms with Crippen LogP contribution in [0.4, 0.5) is 5.95 Å². The molecule has 2 aliphatic heterocycles. The number of carbonyl (C=O) groups is 2. The first-order valence-electron chi connectivity index (χ1n) is 8.79. The Bertz CT molecular complexity index is 658. The fraction of sp³-hybridized carbons (Fsp3) is 0.647. The van der Waals surface area contributed by atoms with E-state index in [1.807, 2.05) is 13.8 Å². The second-order valence-corrected chi connectivity index (χ2v) is 6.79. The highest BCUT2D eigenvalue weighted by atomic mass is 16.5. The number of aromatic nitrogens is 2. The van der Waals surface area contributed by atoms with E-state index in [0.29, 0.717) is 39.3 Å². The molecule has 2 aliphatic rings. The summed E-state index contributed by atoms with van der Waals surface area (Å²) in [4.78, 5) is 37.5. The number of hydrogen-bond donors (Lipinski definition) is 1. The Morgan fingerprint density at radius 3 is 2.64 bits per heavy atom. The van der Waals surface area contributed by atoms with Gasteiger partial charge < -0.3 is 20.3 Å². The number of nitrogens with two attached hydrogens (primary N) is 1. The molecule has 2 saturated heterocycles. The van der Waals surface area contributed by atoms with Crippen molar-refractivity contribution in [2.75, 3.05) is 38.6 Å². The molecule has 25 heavy (non-hydrogen) atoms. The van der Waals surface area contributed by atoms with Crippen molar-refractivity contribution in [1.29, 1.82) is 0 Å². The first-order valence-corrected chi connectivity index (χ1v) is 8.79. The maximum atomic E-state index is 13.0. The standard InChI is InChI=1S/C17H25N5O3/c1-11(2)12-10-13(20-17(18)19-12)15(23)22-5-3-4-14(22)16(24)21-6-8-25-9-7-21/h10-11,14H,3-9H2,1-2H3,(H2,18,19,20)/t14-/m0/s1. The molecule has 1 aromatic rings. The molecule has 0 radical (unpaired) electrons. The molecule has 8 nitrogen and oxygen atoms in total. The van der Waals surface area contributed by atoms with E-state index in [0.717, 1.165) is 12.1 Å². The SMILES string of the molecule is CC(C)c1cc(C(=O)N2CCC[C@H]2C(=O)N2CCOCC2)nc(N)n1. The lowest BCUT2D eigenvalue weighted by Crippen LogP contribution is -2.51. The lowest BCUT2D eigenvalue weighted by molar-refractivity contribution is -0.139. The molecule has 1 aromatic heterocycles. The molecule has 0 aliphatic carbocycles. The van der Waals surface area contributed by atoms with Gasteiger partial charge in [-0.1, -0.05) is 13.8 Å². The number of ether oxygens (including phenoxy) is 1. The van der Waals surface area contributed by atoms with Crippen molar-refractivity contribution in [2.45, 2.75) is 38.6 Å². The van der Waals surface area contributed by atoms with Crippen molar-refractivity contribution in [1.82, 2.24) is 19.8 Å². The minimum absolute atomic E-state index is 0.000242. The minimum Gasteiger partial charge on any atom is -0.378 e. The van der Waals surface area contributed by atoms with Gasteiger partial charge in [-0.05, 0) is 24.8 Å². The zero-order chi connectivity index (χ0) is 18.0. The van der Waals surface area contributed by atoms with Gasteiger partial charge in [-0.15, -0.1) is 0 Å². The van der Waals surface area contributed by atoms with Crippen LogP contribution in [0.2, 0.25) is 0 Å². The van der Waals surface area contributed by atoms with Gasteiger partial charge in [0.05, 0.1) is 13.2 Å². The monoisotopic (exact) mass is 347 g/mol. The van der Waals surface area contributed by atoms with E-state index < -0.39 is 6.04 Å². The summed E-state index contributed by atoms with van der Waals surface area (Å²) in [5.74, 6) is -0.0219. The van der Waals surface area contributed by atoms with Gasteiger partial charge in [0.2, 0.25) is 11.9 Å². The predicted molar refractivity (Wildman–Crippen MR) is 92.0 cm³/mol. The third-order valence-electron chi connectivity index (χ3n) is 4.70. The summed E-state index contributed by atoms with van der Waals surface area (Å²) < 4.78 is 5.30. The van der Waals surface area contributed by atoms with E-state index in [1.54, 1.807) is 15.9 Å². The van der Waals surface area contributed by atoms with Crippen molar-refractivity contribution in [3.63, 3.8) is 0 Å². The van der Waals surface area contributed by atoms with Crippen LogP contribution in [0.1, 0.15) is 48.8 Å². The third-order valence-corrected chi connectivity index (χ3v) is 4.70. The minimum atomic E-state index is -0.427. The van der Waals surface area contributed by atoms with Gasteiger partial charge in [0, 0.05) is 25.3 Å². The summed E-state index contributed by atoms with van der Waals surface area (Å²) in [6.45, 7) is 6.78. The summed E-state index contributed by atoms with van der Waals surface area (Å²) in [7, 11) is 0. The maximum absolute atomic E-state index is 13.0. The molecule has 1 atom stereocenters. The van der Waals surface area contributed by atoms with Crippen molar-refractivity contribution in [3.8, 4) is 0 Å². The predicted octanol–water partition coefficient (Wildman–Crippen LogP) is 0.646. The van der Waals surface area contributed by atoms with Gasteiger partial charge in [-0.2, -0.15) is 0 Å². The summed E-state index contributed by atoms with van der Waals surface area (Å²) in [6.07, 6.45) is 1.49. The van der Waals surface area contributed by atoms with E-state index >= 15 is 0 Å². The zero-order valence-corrected chi connectivity index (χ0v) is 14.8. The van der Waals surface area contributed by atoms with Crippen LogP contribution in [-0.4, -0.2) is 70.5 Å². The quantitative estimate of drug-likeness (QED) is 0.861. The van der Waals surface area contributed by atoms with E-state index in [9.17, 15) is 9.59 Å². The van der Waals surface area contributed by atoms with Gasteiger partial charge >= 0.3 is 0 Å². The molecular weight excluding hydrogens is 322 g/mol. The second kappa shape index (κ2) is 7.35. The van der Waals surface area contributed by atoms with Gasteiger partial charge in [-0.3, -0.25) is 9.59 Å². The van der Waals surface area contributed by atoms with Crippen LogP contribution in [0.5, 0.6) is 0 Å². The molecule has 2 N–H and O–H groups in total. The van der Waals surface area contributed by atoms with Crippen LogP contribution in [0.3, 0.4) is 0 Å². The Balaban J connectivity index is 1.80. The second-order valence-electron chi connectivity index (χ2n) is 6.79. The van der Waals surface area contributed by atoms with Gasteiger partial charge in [0.1, 0.15) is 11.7 Å². The van der Waals surface area contributed by atoms with Crippen molar-refractivity contribution < 1.29 is 14.3 Å². The number of rotatable bonds is 3. The Kier molecular flexibility index (Phi) is 5.17. The molecule has 0 unspecified atom stereocenters. The first kappa shape index (κ1) is 17.6. The highest BCUT2D eigenvalue weighted by molar-refractivity contribution is 5.96. The highest BCUT2D eigenvalue weighted by Crippen LogP contribution is 2.23. The van der Waals surface area contributed by atoms with Crippen LogP contribution in [0.15, 0.2) is 6.07 Å². The van der Waals surface area contributed by atoms with Crippen molar-refractivity contribution in [3.05, 3.63) is 17.5 Å². The molecule has 2 amide bonds. The van der Waals surface area contributed by atoms with E-state index in [-0.39, 0.29) is 29.4 Å². The van der Waals surface area contributed by atoms with Crippen molar-refractivity contribution in [2.24, 2.45) is 0 Å². The first-order chi connectivity index (χ1) is 12.0. The van der Waals surface area contributed by atoms with Gasteiger partial charge in [-0.25, -0.2) is 9.97 Å². The van der Waals surface area contributed by atoms with Crippen LogP contribution >= 0.6 is 0 Å². The van der Waals surface area contributed by atoms with E-state index in [2.05, 4.69) is 9.97 Å². The number of nitrogen functional groups attached to an aromatic ring is 1. The Labute approximate surface area is 147 Å². The maximum Gasteiger partial charge on any atom is 0.273 e. The molecule has 0 bridgehead atoms. The third kappa shape index (κ3) is 3.73. The topological polar surface area (TPSA) is 102 Å². The average Bonchev–Trinajstić information content (AvgIpc) is 3.10. The summed E-state index contributed by atoms with van der Waals surface area (Å²) in [5.41, 5.74) is 6.75. The number of nitrogens with zero attached hydrogens (tertiary/aromatic N) is 4. The lowest BCUT2D eigenvalue weighted by Gasteiger charge is -2.32. The van der Waals surface area contributed by atoms with E-state index in [1.165, 1.54) is 0 Å². The Morgan fingerprint density at radius 2 is 1.96 bits per heavy atom. The number of anilines is 1. The van der Waals surface area contributed by atoms with Gasteiger partial charge in [0.25, 0.3) is 5.91 Å². The largest absolute Gasteiger partial charge is 0.378 e. The number of carbonyl (C=O) groups excluding carboxylic acids is 2. The van der Waals surface area contributed by atoms with Gasteiger partial charge in [0.15, 0.2) is 0 Å². The number of amides is 2. The molecule has 8 heteroatoms. The molecule has 3 heterocycles. The molecule has 2 fully saturated rings. The number of morpholine rings is 1. The number of hydrogen-bond acceptors (Lipinski definition) is 6. The van der Waals surface area contributed by atoms with E-state index in [4.69, 9.17) is 10.5 Å². The average molecular weight is 347 g/mol. The molecule has 3 rings (SSSR count). The highest BCUT2D eigenvalue weighted by Gasteiger charge is 2.37. The lowest BCUT2D eigenvalue weighted by atomic mass is 10.1. The fourth-order valence-electron chi connectivity index (χ4n) is 3.30. The number of likely N-dealkylation sites (tertiary alicyclic amines) is 1. The van der Waals surface area contributed by atoms with Crippen LogP contribution < -0.4 is 5.73 Å². The van der Waals surface area contributed by atoms with Crippen molar-refractivity contribution >= 4 is 17.8 Å².